The molecule has 0 aromatic heterocycles. The zero-order valence-electron chi connectivity index (χ0n) is 10.3. The molecule has 0 saturated carbocycles. The fraction of sp³-hybridized carbons (Fsp3) is 1.00. The minimum Gasteiger partial charge on any atom is -0.394 e. The van der Waals surface area contributed by atoms with Gasteiger partial charge < -0.3 is 19.5 Å². The molecule has 4 heteroatoms. The molecule has 1 N–H and O–H groups in total. The number of ether oxygens (including phenoxy) is 2. The van der Waals surface area contributed by atoms with Gasteiger partial charge in [0.2, 0.25) is 0 Å². The van der Waals surface area contributed by atoms with Gasteiger partial charge in [0.25, 0.3) is 0 Å². The number of nitrogens with zero attached hydrogens (tertiary/aromatic N) is 1. The number of hydrogen-bond donors (Lipinski definition) is 1. The van der Waals surface area contributed by atoms with Crippen LogP contribution in [0, 0.1) is 5.92 Å². The summed E-state index contributed by atoms with van der Waals surface area (Å²) < 4.78 is 11.1. The van der Waals surface area contributed by atoms with Crippen LogP contribution in [0.15, 0.2) is 0 Å². The van der Waals surface area contributed by atoms with Crippen molar-refractivity contribution < 1.29 is 14.6 Å². The van der Waals surface area contributed by atoms with Crippen molar-refractivity contribution in [2.45, 2.75) is 45.1 Å². The summed E-state index contributed by atoms with van der Waals surface area (Å²) in [5, 5.41) is 8.95. The highest BCUT2D eigenvalue weighted by molar-refractivity contribution is 4.79. The zero-order chi connectivity index (χ0) is 11.5. The monoisotopic (exact) mass is 229 g/mol. The Bertz CT molecular complexity index is 222. The van der Waals surface area contributed by atoms with Crippen LogP contribution < -0.4 is 0 Å². The van der Waals surface area contributed by atoms with E-state index in [2.05, 4.69) is 18.7 Å². The summed E-state index contributed by atoms with van der Waals surface area (Å²) in [7, 11) is 0. The Morgan fingerprint density at radius 3 is 2.81 bits per heavy atom. The predicted molar refractivity (Wildman–Crippen MR) is 61.1 cm³/mol. The summed E-state index contributed by atoms with van der Waals surface area (Å²) in [5.41, 5.74) is 0. The topological polar surface area (TPSA) is 41.9 Å². The van der Waals surface area contributed by atoms with Crippen molar-refractivity contribution in [3.63, 3.8) is 0 Å². The summed E-state index contributed by atoms with van der Waals surface area (Å²) in [6.07, 6.45) is 2.02. The fourth-order valence-electron chi connectivity index (χ4n) is 2.52. The number of aliphatic hydroxyl groups is 1. The molecule has 2 heterocycles. The van der Waals surface area contributed by atoms with Crippen LogP contribution in [0.4, 0.5) is 0 Å². The maximum Gasteiger partial charge on any atom is 0.158 e. The van der Waals surface area contributed by atoms with Gasteiger partial charge in [0.15, 0.2) is 6.29 Å². The Labute approximate surface area is 97.5 Å². The summed E-state index contributed by atoms with van der Waals surface area (Å²) >= 11 is 0. The molecule has 94 valence electrons. The molecule has 0 aromatic carbocycles. The highest BCUT2D eigenvalue weighted by Crippen LogP contribution is 2.26. The van der Waals surface area contributed by atoms with Crippen molar-refractivity contribution in [1.82, 2.24) is 4.90 Å². The second-order valence-electron chi connectivity index (χ2n) is 5.18. The van der Waals surface area contributed by atoms with Gasteiger partial charge in [0.1, 0.15) is 6.10 Å². The first-order chi connectivity index (χ1) is 7.69. The lowest BCUT2D eigenvalue weighted by Gasteiger charge is -2.21. The van der Waals surface area contributed by atoms with Gasteiger partial charge in [0, 0.05) is 19.0 Å². The highest BCUT2D eigenvalue weighted by Gasteiger charge is 2.31. The third kappa shape index (κ3) is 2.94. The molecule has 0 amide bonds. The van der Waals surface area contributed by atoms with Crippen LogP contribution >= 0.6 is 0 Å². The minimum atomic E-state index is -0.104. The van der Waals surface area contributed by atoms with Crippen LogP contribution in [0.25, 0.3) is 0 Å². The molecule has 2 aliphatic heterocycles. The van der Waals surface area contributed by atoms with Crippen molar-refractivity contribution in [3.8, 4) is 0 Å². The molecule has 2 saturated heterocycles. The van der Waals surface area contributed by atoms with Crippen molar-refractivity contribution in [1.29, 1.82) is 0 Å². The molecule has 2 rings (SSSR count). The molecule has 2 fully saturated rings. The molecular weight excluding hydrogens is 206 g/mol. The minimum absolute atomic E-state index is 0.0687. The largest absolute Gasteiger partial charge is 0.394 e. The summed E-state index contributed by atoms with van der Waals surface area (Å²) in [6, 6.07) is 0.639. The normalized spacial score (nSPS) is 36.4. The van der Waals surface area contributed by atoms with E-state index in [-0.39, 0.29) is 19.0 Å². The third-order valence-electron chi connectivity index (χ3n) is 3.59. The van der Waals surface area contributed by atoms with E-state index in [1.807, 2.05) is 0 Å². The molecule has 3 unspecified atom stereocenters. The van der Waals surface area contributed by atoms with Crippen LogP contribution in [-0.4, -0.2) is 54.7 Å². The Morgan fingerprint density at radius 2 is 2.25 bits per heavy atom. The van der Waals surface area contributed by atoms with E-state index in [4.69, 9.17) is 14.6 Å². The van der Waals surface area contributed by atoms with E-state index in [9.17, 15) is 0 Å². The lowest BCUT2D eigenvalue weighted by Crippen LogP contribution is -2.29. The molecule has 0 aromatic rings. The van der Waals surface area contributed by atoms with Crippen molar-refractivity contribution in [2.24, 2.45) is 5.92 Å². The average Bonchev–Trinajstić information content (AvgIpc) is 2.87. The first-order valence-electron chi connectivity index (χ1n) is 6.31. The Hall–Kier alpha value is -0.160. The molecule has 0 aliphatic carbocycles. The van der Waals surface area contributed by atoms with E-state index in [1.165, 1.54) is 13.0 Å². The van der Waals surface area contributed by atoms with E-state index in [1.54, 1.807) is 0 Å². The standard InChI is InChI=1S/C12H23NO3/c1-9(2)13-4-3-10(6-13)5-12-15-8-11(7-14)16-12/h9-12,14H,3-8H2,1-2H3. The lowest BCUT2D eigenvalue weighted by molar-refractivity contribution is -0.0771. The van der Waals surface area contributed by atoms with E-state index >= 15 is 0 Å². The van der Waals surface area contributed by atoms with Crippen LogP contribution in [-0.2, 0) is 9.47 Å². The van der Waals surface area contributed by atoms with Crippen LogP contribution in [0.5, 0.6) is 0 Å². The number of hydrogen-bond acceptors (Lipinski definition) is 4. The van der Waals surface area contributed by atoms with Crippen molar-refractivity contribution >= 4 is 0 Å². The fourth-order valence-corrected chi connectivity index (χ4v) is 2.52. The Balaban J connectivity index is 1.71. The maximum absolute atomic E-state index is 8.95. The number of rotatable bonds is 4. The van der Waals surface area contributed by atoms with Crippen LogP contribution in [0.1, 0.15) is 26.7 Å². The molecule has 0 spiro atoms. The Morgan fingerprint density at radius 1 is 1.44 bits per heavy atom. The second-order valence-corrected chi connectivity index (χ2v) is 5.18. The Kier molecular flexibility index (Phi) is 4.19. The number of aliphatic hydroxyl groups excluding tert-OH is 1. The van der Waals surface area contributed by atoms with Gasteiger partial charge in [0.05, 0.1) is 13.2 Å². The van der Waals surface area contributed by atoms with Crippen molar-refractivity contribution in [2.75, 3.05) is 26.3 Å². The third-order valence-corrected chi connectivity index (χ3v) is 3.59. The first kappa shape index (κ1) is 12.3. The molecular formula is C12H23NO3. The van der Waals surface area contributed by atoms with Gasteiger partial charge >= 0.3 is 0 Å². The summed E-state index contributed by atoms with van der Waals surface area (Å²) in [4.78, 5) is 2.50. The molecule has 16 heavy (non-hydrogen) atoms. The maximum atomic E-state index is 8.95. The average molecular weight is 229 g/mol. The van der Waals surface area contributed by atoms with Gasteiger partial charge in [-0.25, -0.2) is 0 Å². The molecule has 3 atom stereocenters. The quantitative estimate of drug-likeness (QED) is 0.775. The molecule has 0 radical (unpaired) electrons. The molecule has 2 aliphatic rings. The lowest BCUT2D eigenvalue weighted by atomic mass is 10.1. The highest BCUT2D eigenvalue weighted by atomic mass is 16.7. The molecule has 4 nitrogen and oxygen atoms in total. The first-order valence-corrected chi connectivity index (χ1v) is 6.31. The summed E-state index contributed by atoms with van der Waals surface area (Å²) in [5.74, 6) is 0.685. The smallest absolute Gasteiger partial charge is 0.158 e. The van der Waals surface area contributed by atoms with Gasteiger partial charge in [-0.3, -0.25) is 0 Å². The van der Waals surface area contributed by atoms with Crippen LogP contribution in [0.3, 0.4) is 0 Å². The van der Waals surface area contributed by atoms with Crippen molar-refractivity contribution in [3.05, 3.63) is 0 Å². The van der Waals surface area contributed by atoms with Gasteiger partial charge in [-0.05, 0) is 32.7 Å². The van der Waals surface area contributed by atoms with Gasteiger partial charge in [-0.2, -0.15) is 0 Å². The van der Waals surface area contributed by atoms with Gasteiger partial charge in [-0.1, -0.05) is 0 Å². The summed E-state index contributed by atoms with van der Waals surface area (Å²) in [6.45, 7) is 7.45. The molecule has 0 bridgehead atoms. The van der Waals surface area contributed by atoms with E-state index in [0.29, 0.717) is 18.6 Å². The second kappa shape index (κ2) is 5.45. The SMILES string of the molecule is CC(C)N1CCC(CC2OCC(CO)O2)C1. The van der Waals surface area contributed by atoms with E-state index < -0.39 is 0 Å². The van der Waals surface area contributed by atoms with Crippen LogP contribution in [0.2, 0.25) is 0 Å². The predicted octanol–water partition coefficient (Wildman–Crippen LogP) is 0.841. The van der Waals surface area contributed by atoms with Gasteiger partial charge in [-0.15, -0.1) is 0 Å². The number of likely N-dealkylation sites (tertiary alicyclic amines) is 1. The van der Waals surface area contributed by atoms with E-state index in [0.717, 1.165) is 13.0 Å². The zero-order valence-corrected chi connectivity index (χ0v) is 10.3.